The van der Waals surface area contributed by atoms with Crippen LogP contribution in [0.4, 0.5) is 0 Å². The van der Waals surface area contributed by atoms with E-state index in [4.69, 9.17) is 0 Å². The van der Waals surface area contributed by atoms with Gasteiger partial charge in [-0.25, -0.2) is 0 Å². The molecule has 0 saturated carbocycles. The van der Waals surface area contributed by atoms with Crippen molar-refractivity contribution < 1.29 is 0 Å². The molecule has 0 atom stereocenters. The van der Waals surface area contributed by atoms with E-state index in [-0.39, 0.29) is 0 Å². The minimum Gasteiger partial charge on any atom is -0.309 e. The van der Waals surface area contributed by atoms with Crippen LogP contribution in [0.1, 0.15) is 38.9 Å². The first-order valence-electron chi connectivity index (χ1n) is 23.3. The van der Waals surface area contributed by atoms with Gasteiger partial charge in [0.05, 0.1) is 16.4 Å². The summed E-state index contributed by atoms with van der Waals surface area (Å²) >= 11 is 0. The zero-order chi connectivity index (χ0) is 45.3. The molecule has 0 bridgehead atoms. The fraction of sp³-hybridized carbons (Fsp3) is 0.0606. The smallest absolute Gasteiger partial charge is 0.0714 e. The molecule has 1 heteroatoms. The second-order valence-corrected chi connectivity index (χ2v) is 17.9. The average molecular weight is 858 g/mol. The van der Waals surface area contributed by atoms with Crippen LogP contribution in [-0.2, 0) is 5.41 Å². The Hall–Kier alpha value is -8.26. The first-order valence-corrected chi connectivity index (χ1v) is 23.3. The molecule has 13 rings (SSSR count). The fourth-order valence-corrected chi connectivity index (χ4v) is 10.5. The van der Waals surface area contributed by atoms with Gasteiger partial charge < -0.3 is 4.57 Å². The molecule has 1 aromatic heterocycles. The Kier molecular flexibility index (Phi) is 10.9. The lowest BCUT2D eigenvalue weighted by Crippen LogP contribution is -2.28. The molecule has 1 aliphatic carbocycles. The van der Waals surface area contributed by atoms with Crippen LogP contribution in [-0.4, -0.2) is 4.57 Å². The fourth-order valence-electron chi connectivity index (χ4n) is 10.5. The zero-order valence-electron chi connectivity index (χ0n) is 38.2. The number of benzene rings is 11. The molecule has 12 aromatic rings. The van der Waals surface area contributed by atoms with E-state index in [1.54, 1.807) is 0 Å². The summed E-state index contributed by atoms with van der Waals surface area (Å²) in [6.45, 7) is 6.42. The largest absolute Gasteiger partial charge is 0.309 e. The van der Waals surface area contributed by atoms with Crippen molar-refractivity contribution in [2.24, 2.45) is 0 Å². The number of rotatable bonds is 4. The van der Waals surface area contributed by atoms with E-state index in [1.807, 2.05) is 0 Å². The number of nitrogens with zero attached hydrogens (tertiary/aromatic N) is 1. The van der Waals surface area contributed by atoms with Gasteiger partial charge in [-0.1, -0.05) is 242 Å². The highest BCUT2D eigenvalue weighted by Gasteiger charge is 2.46. The monoisotopic (exact) mass is 857 g/mol. The third-order valence-corrected chi connectivity index (χ3v) is 13.6. The van der Waals surface area contributed by atoms with E-state index in [0.717, 1.165) is 0 Å². The van der Waals surface area contributed by atoms with Crippen LogP contribution in [0.5, 0.6) is 0 Å². The summed E-state index contributed by atoms with van der Waals surface area (Å²) in [7, 11) is 0. The van der Waals surface area contributed by atoms with Crippen LogP contribution in [0.2, 0.25) is 0 Å². The van der Waals surface area contributed by atoms with Crippen molar-refractivity contribution in [3.8, 4) is 27.9 Å². The topological polar surface area (TPSA) is 4.93 Å². The molecule has 0 fully saturated rings. The predicted molar refractivity (Wildman–Crippen MR) is 286 cm³/mol. The molecule has 1 heterocycles. The van der Waals surface area contributed by atoms with Gasteiger partial charge in [-0.3, -0.25) is 0 Å². The summed E-state index contributed by atoms with van der Waals surface area (Å²) in [6, 6.07) is 92.4. The SMILES string of the molecule is Cc1ccc2ccccc2c1.Cc1cccc(-c2ccc3c4ccccc4n(-c4ccc5c(c4)C(c4ccccc4)(c4ccccc4)c4ccccc4-5)c3c2)c1.Cc1cccc2ccccc12. The molecule has 67 heavy (non-hydrogen) atoms. The minimum absolute atomic E-state index is 0.435. The third kappa shape index (κ3) is 7.49. The second kappa shape index (κ2) is 17.6. The lowest BCUT2D eigenvalue weighted by Gasteiger charge is -2.34. The Labute approximate surface area is 393 Å². The molecule has 1 aliphatic rings. The Morgan fingerprint density at radius 2 is 0.896 bits per heavy atom. The van der Waals surface area contributed by atoms with Crippen LogP contribution in [0.15, 0.2) is 255 Å². The highest BCUT2D eigenvalue weighted by atomic mass is 15.0. The summed E-state index contributed by atoms with van der Waals surface area (Å²) < 4.78 is 2.47. The standard InChI is InChI=1S/C44H31N.2C11H10/c1-30-13-12-14-31(27-30)32-23-25-39-38-20-9-11-22-42(38)45(43(39)28-32)35-24-26-37-36-19-8-10-21-40(36)44(41(37)29-35,33-15-4-2-5-16-33)34-17-6-3-7-18-34;1-9-5-4-7-10-6-2-3-8-11(9)10;1-9-6-7-10-4-2-3-5-11(10)8-9/h2-29H,1H3;2*2-8H,1H3. The summed E-state index contributed by atoms with van der Waals surface area (Å²) in [5.74, 6) is 0. The van der Waals surface area contributed by atoms with Crippen molar-refractivity contribution in [2.75, 3.05) is 0 Å². The lowest BCUT2D eigenvalue weighted by atomic mass is 9.67. The van der Waals surface area contributed by atoms with Gasteiger partial charge in [0.15, 0.2) is 0 Å². The highest BCUT2D eigenvalue weighted by molar-refractivity contribution is 6.10. The van der Waals surface area contributed by atoms with Crippen LogP contribution in [0.3, 0.4) is 0 Å². The number of hydrogen-bond acceptors (Lipinski definition) is 0. The van der Waals surface area contributed by atoms with Crippen molar-refractivity contribution in [3.63, 3.8) is 0 Å². The molecule has 0 N–H and O–H groups in total. The van der Waals surface area contributed by atoms with E-state index in [9.17, 15) is 0 Å². The first kappa shape index (κ1) is 41.4. The summed E-state index contributed by atoms with van der Waals surface area (Å²) in [5, 5.41) is 7.86. The molecule has 1 nitrogen and oxygen atoms in total. The van der Waals surface area contributed by atoms with E-state index in [0.29, 0.717) is 0 Å². The van der Waals surface area contributed by atoms with Crippen molar-refractivity contribution in [2.45, 2.75) is 26.2 Å². The Balaban J connectivity index is 0.000000182. The number of aryl methyl sites for hydroxylation is 3. The minimum atomic E-state index is -0.435. The number of fused-ring (bicyclic) bond motifs is 8. The summed E-state index contributed by atoms with van der Waals surface area (Å²) in [6.07, 6.45) is 0. The van der Waals surface area contributed by atoms with Crippen LogP contribution in [0.25, 0.3) is 71.3 Å². The van der Waals surface area contributed by atoms with Gasteiger partial charge in [-0.15, -0.1) is 0 Å². The quantitative estimate of drug-likeness (QED) is 0.166. The van der Waals surface area contributed by atoms with E-state index in [1.165, 1.54) is 110 Å². The Morgan fingerprint density at radius 1 is 0.313 bits per heavy atom. The maximum Gasteiger partial charge on any atom is 0.0714 e. The van der Waals surface area contributed by atoms with Crippen LogP contribution in [0, 0.1) is 20.8 Å². The van der Waals surface area contributed by atoms with E-state index < -0.39 is 5.41 Å². The van der Waals surface area contributed by atoms with E-state index in [2.05, 4.69) is 280 Å². The van der Waals surface area contributed by atoms with Gasteiger partial charge in [0, 0.05) is 16.5 Å². The van der Waals surface area contributed by atoms with Crippen molar-refractivity contribution >= 4 is 43.4 Å². The van der Waals surface area contributed by atoms with Gasteiger partial charge in [0.1, 0.15) is 0 Å². The van der Waals surface area contributed by atoms with Crippen molar-refractivity contribution in [1.29, 1.82) is 0 Å². The average Bonchev–Trinajstić information content (AvgIpc) is 3.87. The first-order chi connectivity index (χ1) is 33.0. The van der Waals surface area contributed by atoms with Gasteiger partial charge >= 0.3 is 0 Å². The molecular formula is C66H51N. The third-order valence-electron chi connectivity index (χ3n) is 13.6. The Morgan fingerprint density at radius 3 is 1.66 bits per heavy atom. The number of para-hydroxylation sites is 1. The maximum atomic E-state index is 2.47. The number of hydrogen-bond donors (Lipinski definition) is 0. The maximum absolute atomic E-state index is 2.47. The van der Waals surface area contributed by atoms with Crippen molar-refractivity contribution in [3.05, 3.63) is 294 Å². The lowest BCUT2D eigenvalue weighted by molar-refractivity contribution is 0.767. The molecule has 11 aromatic carbocycles. The highest BCUT2D eigenvalue weighted by Crippen LogP contribution is 2.56. The Bertz CT molecular complexity index is 3670. The van der Waals surface area contributed by atoms with Crippen LogP contribution < -0.4 is 0 Å². The summed E-state index contributed by atoms with van der Waals surface area (Å²) in [4.78, 5) is 0. The molecule has 0 unspecified atom stereocenters. The van der Waals surface area contributed by atoms with Crippen LogP contribution >= 0.6 is 0 Å². The molecule has 0 aliphatic heterocycles. The second-order valence-electron chi connectivity index (χ2n) is 17.9. The van der Waals surface area contributed by atoms with E-state index >= 15 is 0 Å². The molecule has 320 valence electrons. The predicted octanol–water partition coefficient (Wildman–Crippen LogP) is 17.4. The van der Waals surface area contributed by atoms with Gasteiger partial charge in [-0.05, 0) is 117 Å². The normalized spacial score (nSPS) is 12.2. The van der Waals surface area contributed by atoms with Gasteiger partial charge in [0.25, 0.3) is 0 Å². The summed E-state index contributed by atoms with van der Waals surface area (Å²) in [5.41, 5.74) is 17.4. The molecular weight excluding hydrogens is 807 g/mol. The molecule has 0 amide bonds. The molecule has 0 saturated heterocycles. The molecule has 0 radical (unpaired) electrons. The zero-order valence-corrected chi connectivity index (χ0v) is 38.2. The van der Waals surface area contributed by atoms with Crippen molar-refractivity contribution in [1.82, 2.24) is 4.57 Å². The number of aromatic nitrogens is 1. The van der Waals surface area contributed by atoms with Gasteiger partial charge in [-0.2, -0.15) is 0 Å². The van der Waals surface area contributed by atoms with Gasteiger partial charge in [0.2, 0.25) is 0 Å². The molecule has 0 spiro atoms.